The number of fused-ring (bicyclic) bond motifs is 2. The maximum absolute atomic E-state index is 12.3. The Morgan fingerprint density at radius 1 is 0.760 bits per heavy atom. The average Bonchev–Trinajstić information content (AvgIpc) is 3.11. The number of nitrogens with one attached hydrogen (secondary N) is 2. The van der Waals surface area contributed by atoms with Crippen LogP contribution < -0.4 is 8.37 Å². The summed E-state index contributed by atoms with van der Waals surface area (Å²) in [6.45, 7) is 0. The molecule has 0 unspecified atom stereocenters. The van der Waals surface area contributed by atoms with Gasteiger partial charge in [0.1, 0.15) is 0 Å². The fourth-order valence-corrected chi connectivity index (χ4v) is 3.60. The summed E-state index contributed by atoms with van der Waals surface area (Å²) in [4.78, 5) is 5.81. The van der Waals surface area contributed by atoms with E-state index >= 15 is 0 Å². The first kappa shape index (κ1) is 16.1. The Morgan fingerprint density at radius 2 is 1.20 bits per heavy atom. The number of aromatic amines is 2. The van der Waals surface area contributed by atoms with Gasteiger partial charge >= 0.3 is 10.4 Å². The molecule has 0 spiro atoms. The van der Waals surface area contributed by atoms with Crippen LogP contribution in [0.4, 0.5) is 0 Å². The van der Waals surface area contributed by atoms with Crippen LogP contribution in [-0.4, -0.2) is 18.4 Å². The molecule has 0 aliphatic carbocycles. The predicted molar refractivity (Wildman–Crippen MR) is 96.8 cm³/mol. The van der Waals surface area contributed by atoms with E-state index in [-0.39, 0.29) is 11.5 Å². The van der Waals surface area contributed by atoms with E-state index in [9.17, 15) is 8.42 Å². The zero-order valence-corrected chi connectivity index (χ0v) is 14.7. The molecule has 0 saturated carbocycles. The summed E-state index contributed by atoms with van der Waals surface area (Å²) in [6.07, 6.45) is 2.85. The van der Waals surface area contributed by atoms with Crippen LogP contribution in [0.1, 0.15) is 0 Å². The van der Waals surface area contributed by atoms with Crippen LogP contribution in [0.3, 0.4) is 0 Å². The number of hydrogen-bond donors (Lipinski definition) is 2. The second-order valence-electron chi connectivity index (χ2n) is 5.26. The Labute approximate surface area is 152 Å². The van der Waals surface area contributed by atoms with Gasteiger partial charge in [0.05, 0.1) is 0 Å². The molecule has 0 aliphatic rings. The molecule has 25 heavy (non-hydrogen) atoms. The first-order chi connectivity index (χ1) is 11.9. The van der Waals surface area contributed by atoms with E-state index in [0.717, 1.165) is 0 Å². The molecule has 0 atom stereocenters. The van der Waals surface area contributed by atoms with Gasteiger partial charge < -0.3 is 18.3 Å². The summed E-state index contributed by atoms with van der Waals surface area (Å²) >= 11 is 11.9. The van der Waals surface area contributed by atoms with Crippen LogP contribution in [0.5, 0.6) is 11.5 Å². The Hall–Kier alpha value is -2.35. The number of H-pyrrole nitrogens is 2. The summed E-state index contributed by atoms with van der Waals surface area (Å²) < 4.78 is 34.7. The third-order valence-corrected chi connectivity index (χ3v) is 4.83. The monoisotopic (exact) mass is 396 g/mol. The van der Waals surface area contributed by atoms with Crippen LogP contribution in [0.15, 0.2) is 48.8 Å². The summed E-state index contributed by atoms with van der Waals surface area (Å²) in [5.41, 5.74) is 1.38. The van der Waals surface area contributed by atoms with Crippen LogP contribution in [0, 0.1) is 0 Å². The van der Waals surface area contributed by atoms with E-state index < -0.39 is 10.4 Å². The van der Waals surface area contributed by atoms with Gasteiger partial charge in [-0.2, -0.15) is 0 Å². The first-order valence-corrected chi connectivity index (χ1v) is 9.17. The molecule has 0 bridgehead atoms. The summed E-state index contributed by atoms with van der Waals surface area (Å²) in [5, 5.41) is 1.98. The van der Waals surface area contributed by atoms with Gasteiger partial charge in [0.25, 0.3) is 0 Å². The predicted octanol–water partition coefficient (Wildman–Crippen LogP) is 4.66. The molecular formula is C16H10Cl2N2O4S. The van der Waals surface area contributed by atoms with Gasteiger partial charge in [-0.1, -0.05) is 23.2 Å². The Bertz CT molecular complexity index is 1110. The van der Waals surface area contributed by atoms with E-state index in [1.54, 1.807) is 36.4 Å². The van der Waals surface area contributed by atoms with Gasteiger partial charge in [0.15, 0.2) is 11.5 Å². The van der Waals surface area contributed by atoms with Crippen molar-refractivity contribution in [2.45, 2.75) is 0 Å². The van der Waals surface area contributed by atoms with Crippen LogP contribution in [0.25, 0.3) is 21.8 Å². The van der Waals surface area contributed by atoms with Crippen molar-refractivity contribution < 1.29 is 16.8 Å². The van der Waals surface area contributed by atoms with Crippen molar-refractivity contribution in [2.24, 2.45) is 0 Å². The first-order valence-electron chi connectivity index (χ1n) is 7.08. The molecule has 0 saturated heterocycles. The highest BCUT2D eigenvalue weighted by molar-refractivity contribution is 7.82. The average molecular weight is 397 g/mol. The van der Waals surface area contributed by atoms with Gasteiger partial charge in [0, 0.05) is 44.2 Å². The van der Waals surface area contributed by atoms with E-state index in [0.29, 0.717) is 31.9 Å². The van der Waals surface area contributed by atoms with E-state index in [1.165, 1.54) is 12.4 Å². The van der Waals surface area contributed by atoms with Crippen molar-refractivity contribution in [2.75, 3.05) is 0 Å². The largest absolute Gasteiger partial charge is 0.501 e. The summed E-state index contributed by atoms with van der Waals surface area (Å²) in [5.74, 6) is 0.186. The smallest absolute Gasteiger partial charge is 0.358 e. The maximum atomic E-state index is 12.3. The minimum absolute atomic E-state index is 0.0929. The van der Waals surface area contributed by atoms with Crippen molar-refractivity contribution in [3.63, 3.8) is 0 Å². The highest BCUT2D eigenvalue weighted by Gasteiger charge is 2.20. The zero-order valence-electron chi connectivity index (χ0n) is 12.4. The number of aromatic nitrogens is 2. The minimum atomic E-state index is -4.36. The molecule has 4 rings (SSSR count). The number of halogens is 2. The second kappa shape index (κ2) is 5.87. The van der Waals surface area contributed by atoms with Crippen molar-refractivity contribution in [1.29, 1.82) is 0 Å². The van der Waals surface area contributed by atoms with Crippen molar-refractivity contribution in [3.05, 3.63) is 58.8 Å². The molecule has 0 radical (unpaired) electrons. The van der Waals surface area contributed by atoms with Crippen molar-refractivity contribution in [1.82, 2.24) is 9.97 Å². The molecule has 2 aromatic carbocycles. The minimum Gasteiger partial charge on any atom is -0.358 e. The van der Waals surface area contributed by atoms with E-state index in [2.05, 4.69) is 9.97 Å². The molecule has 9 heteroatoms. The lowest BCUT2D eigenvalue weighted by Gasteiger charge is -2.06. The van der Waals surface area contributed by atoms with Gasteiger partial charge in [0.2, 0.25) is 0 Å². The summed E-state index contributed by atoms with van der Waals surface area (Å²) in [6, 6.07) is 10.0. The lowest BCUT2D eigenvalue weighted by molar-refractivity contribution is 0.395. The molecule has 0 fully saturated rings. The molecule has 128 valence electrons. The maximum Gasteiger partial charge on any atom is 0.501 e. The fourth-order valence-electron chi connectivity index (χ4n) is 2.51. The lowest BCUT2D eigenvalue weighted by Crippen LogP contribution is -2.16. The molecule has 2 N–H and O–H groups in total. The molecule has 2 aromatic heterocycles. The fraction of sp³-hybridized carbons (Fsp3) is 0. The van der Waals surface area contributed by atoms with Crippen LogP contribution in [-0.2, 0) is 10.4 Å². The standard InChI is InChI=1S/C16H10Cl2N2O4S/c17-9-1-3-13-11(5-9)15(7-19-13)23-25(21,22)24-16-8-20-14-4-2-10(18)6-12(14)16/h1-8,19-20H. The van der Waals surface area contributed by atoms with Gasteiger partial charge in [-0.05, 0) is 36.4 Å². The zero-order chi connectivity index (χ0) is 17.6. The lowest BCUT2D eigenvalue weighted by atomic mass is 10.2. The molecule has 4 aromatic rings. The normalized spacial score (nSPS) is 11.9. The molecular weight excluding hydrogens is 387 g/mol. The SMILES string of the molecule is O=S(=O)(Oc1c[nH]c2ccc(Cl)cc12)Oc1c[nH]c2ccc(Cl)cc12. The molecule has 6 nitrogen and oxygen atoms in total. The number of benzene rings is 2. The molecule has 0 amide bonds. The Kier molecular flexibility index (Phi) is 3.79. The molecule has 0 aliphatic heterocycles. The molecule has 2 heterocycles. The van der Waals surface area contributed by atoms with Crippen LogP contribution >= 0.6 is 23.2 Å². The van der Waals surface area contributed by atoms with Gasteiger partial charge in [-0.25, -0.2) is 0 Å². The van der Waals surface area contributed by atoms with Crippen molar-refractivity contribution >= 4 is 55.4 Å². The highest BCUT2D eigenvalue weighted by Crippen LogP contribution is 2.32. The summed E-state index contributed by atoms with van der Waals surface area (Å²) in [7, 11) is -4.36. The third-order valence-electron chi connectivity index (χ3n) is 3.60. The van der Waals surface area contributed by atoms with Crippen LogP contribution in [0.2, 0.25) is 10.0 Å². The highest BCUT2D eigenvalue weighted by atomic mass is 35.5. The van der Waals surface area contributed by atoms with E-state index in [4.69, 9.17) is 31.6 Å². The quantitative estimate of drug-likeness (QED) is 0.525. The Morgan fingerprint density at radius 3 is 1.64 bits per heavy atom. The third kappa shape index (κ3) is 3.13. The van der Waals surface area contributed by atoms with Crippen molar-refractivity contribution in [3.8, 4) is 11.5 Å². The van der Waals surface area contributed by atoms with Gasteiger partial charge in [-0.3, -0.25) is 0 Å². The Balaban J connectivity index is 1.67. The number of rotatable bonds is 4. The van der Waals surface area contributed by atoms with E-state index in [1.807, 2.05) is 0 Å². The number of hydrogen-bond acceptors (Lipinski definition) is 4. The second-order valence-corrected chi connectivity index (χ2v) is 7.28. The van der Waals surface area contributed by atoms with Gasteiger partial charge in [-0.15, -0.1) is 8.42 Å². The topological polar surface area (TPSA) is 84.2 Å².